The lowest BCUT2D eigenvalue weighted by Crippen LogP contribution is -2.06. The van der Waals surface area contributed by atoms with E-state index in [1.54, 1.807) is 0 Å². The van der Waals surface area contributed by atoms with Gasteiger partial charge in [-0.05, 0) is 23.8 Å². The van der Waals surface area contributed by atoms with Gasteiger partial charge in [-0.3, -0.25) is 4.98 Å². The molecular formula is C15H18N2P2. The molecular weight excluding hydrogens is 270 g/mol. The predicted molar refractivity (Wildman–Crippen MR) is 88.7 cm³/mol. The van der Waals surface area contributed by atoms with Crippen LogP contribution < -0.4 is 5.73 Å². The predicted octanol–water partition coefficient (Wildman–Crippen LogP) is 3.37. The van der Waals surface area contributed by atoms with Crippen molar-refractivity contribution >= 4 is 24.6 Å². The van der Waals surface area contributed by atoms with E-state index < -0.39 is 0 Å². The fourth-order valence-electron chi connectivity index (χ4n) is 1.79. The van der Waals surface area contributed by atoms with E-state index in [2.05, 4.69) is 23.5 Å². The van der Waals surface area contributed by atoms with Crippen molar-refractivity contribution < 1.29 is 0 Å². The molecule has 3 unspecified atom stereocenters. The molecule has 0 aliphatic carbocycles. The molecule has 0 bridgehead atoms. The van der Waals surface area contributed by atoms with Gasteiger partial charge in [-0.1, -0.05) is 36.4 Å². The zero-order chi connectivity index (χ0) is 13.7. The molecule has 0 aliphatic rings. The second-order valence-electron chi connectivity index (χ2n) is 4.29. The molecule has 2 aromatic rings. The molecule has 98 valence electrons. The van der Waals surface area contributed by atoms with Crippen molar-refractivity contribution in [2.45, 2.75) is 11.8 Å². The maximum absolute atomic E-state index is 6.17. The first kappa shape index (κ1) is 14.2. The third-order valence-electron chi connectivity index (χ3n) is 2.85. The summed E-state index contributed by atoms with van der Waals surface area (Å²) in [6.07, 6.45) is 2.85. The van der Waals surface area contributed by atoms with E-state index in [4.69, 9.17) is 5.73 Å². The summed E-state index contributed by atoms with van der Waals surface area (Å²) < 4.78 is 0. The normalized spacial score (nSPS) is 13.3. The third-order valence-corrected chi connectivity index (χ3v) is 3.99. The van der Waals surface area contributed by atoms with Crippen molar-refractivity contribution in [1.29, 1.82) is 0 Å². The Bertz CT molecular complexity index is 567. The van der Waals surface area contributed by atoms with Crippen LogP contribution in [-0.4, -0.2) is 4.98 Å². The number of nitrogens with zero attached hydrogens (tertiary/aromatic N) is 1. The number of hydrogen-bond donors (Lipinski definition) is 1. The van der Waals surface area contributed by atoms with Gasteiger partial charge in [0, 0.05) is 17.6 Å². The van der Waals surface area contributed by atoms with Gasteiger partial charge in [0.05, 0.1) is 11.4 Å². The number of aromatic nitrogens is 1. The monoisotopic (exact) mass is 288 g/mol. The minimum atomic E-state index is 0.0386. The summed E-state index contributed by atoms with van der Waals surface area (Å²) in [6, 6.07) is 16.1. The Morgan fingerprint density at radius 1 is 1.16 bits per heavy atom. The average molecular weight is 288 g/mol. The molecule has 0 aliphatic heterocycles. The number of pyridine rings is 1. The fraction of sp³-hybridized carbons (Fsp3) is 0.133. The molecule has 0 saturated carbocycles. The summed E-state index contributed by atoms with van der Waals surface area (Å²) in [4.78, 5) is 4.59. The number of benzene rings is 1. The lowest BCUT2D eigenvalue weighted by molar-refractivity contribution is 0.986. The smallest absolute Gasteiger partial charge is 0.0551 e. The van der Waals surface area contributed by atoms with Crippen LogP contribution in [0.5, 0.6) is 0 Å². The second-order valence-corrected chi connectivity index (χ2v) is 5.37. The zero-order valence-corrected chi connectivity index (χ0v) is 13.0. The van der Waals surface area contributed by atoms with E-state index in [9.17, 15) is 0 Å². The topological polar surface area (TPSA) is 38.9 Å². The Morgan fingerprint density at radius 3 is 2.58 bits per heavy atom. The van der Waals surface area contributed by atoms with Crippen LogP contribution in [0.3, 0.4) is 0 Å². The quantitative estimate of drug-likeness (QED) is 0.876. The Hall–Kier alpha value is -1.23. The van der Waals surface area contributed by atoms with Gasteiger partial charge >= 0.3 is 0 Å². The average Bonchev–Trinajstić information content (AvgIpc) is 2.47. The molecule has 0 fully saturated rings. The molecule has 0 amide bonds. The largest absolute Gasteiger partial charge is 0.401 e. The molecule has 4 heteroatoms. The molecule has 2 nitrogen and oxygen atoms in total. The van der Waals surface area contributed by atoms with Gasteiger partial charge in [0.1, 0.15) is 0 Å². The van der Waals surface area contributed by atoms with Crippen molar-refractivity contribution in [3.05, 3.63) is 71.2 Å². The van der Waals surface area contributed by atoms with Gasteiger partial charge in [0.25, 0.3) is 0 Å². The summed E-state index contributed by atoms with van der Waals surface area (Å²) >= 11 is 0. The molecule has 3 atom stereocenters. The van der Waals surface area contributed by atoms with Crippen LogP contribution in [0.2, 0.25) is 0 Å². The van der Waals surface area contributed by atoms with Gasteiger partial charge < -0.3 is 5.73 Å². The van der Waals surface area contributed by atoms with Gasteiger partial charge in [-0.2, -0.15) is 0 Å². The molecule has 1 aromatic carbocycles. The first-order valence-electron chi connectivity index (χ1n) is 6.14. The van der Waals surface area contributed by atoms with Crippen molar-refractivity contribution in [3.63, 3.8) is 0 Å². The zero-order valence-electron chi connectivity index (χ0n) is 10.7. The van der Waals surface area contributed by atoms with Crippen LogP contribution in [0, 0.1) is 0 Å². The van der Waals surface area contributed by atoms with Crippen LogP contribution in [0.4, 0.5) is 0 Å². The minimum Gasteiger partial charge on any atom is -0.401 e. The molecule has 1 aromatic heterocycles. The van der Waals surface area contributed by atoms with Crippen LogP contribution in [0.25, 0.3) is 6.08 Å². The van der Waals surface area contributed by atoms with Gasteiger partial charge in [0.15, 0.2) is 0 Å². The Morgan fingerprint density at radius 2 is 1.89 bits per heavy atom. The van der Waals surface area contributed by atoms with Crippen molar-refractivity contribution in [3.8, 4) is 0 Å². The summed E-state index contributed by atoms with van der Waals surface area (Å²) in [6.45, 7) is 0. The highest BCUT2D eigenvalue weighted by Gasteiger charge is 2.10. The summed E-state index contributed by atoms with van der Waals surface area (Å²) in [5.41, 5.74) is 10.1. The second kappa shape index (κ2) is 6.80. The highest BCUT2D eigenvalue weighted by Crippen LogP contribution is 2.28. The Balaban J connectivity index is 2.23. The lowest BCUT2D eigenvalue weighted by Gasteiger charge is -2.12. The van der Waals surface area contributed by atoms with Crippen LogP contribution >= 0.6 is 18.5 Å². The number of rotatable bonds is 4. The van der Waals surface area contributed by atoms with Crippen LogP contribution in [0.15, 0.2) is 54.2 Å². The molecule has 2 N–H and O–H groups in total. The highest BCUT2D eigenvalue weighted by molar-refractivity contribution is 7.17. The van der Waals surface area contributed by atoms with E-state index in [1.165, 1.54) is 0 Å². The van der Waals surface area contributed by atoms with Gasteiger partial charge in [0.2, 0.25) is 0 Å². The standard InChI is InChI=1S/C15H18N2P2/c16-13(9-11-5-2-1-3-6-11)15(19)14-8-4-7-12(10-18)17-14/h1-9,15H,10,16,18-19H2/b13-9-. The highest BCUT2D eigenvalue weighted by atomic mass is 31.0. The first-order chi connectivity index (χ1) is 9.20. The molecule has 1 heterocycles. The van der Waals surface area contributed by atoms with Crippen molar-refractivity contribution in [2.24, 2.45) is 5.73 Å². The molecule has 0 spiro atoms. The number of allylic oxidation sites excluding steroid dienone is 1. The third kappa shape index (κ3) is 3.86. The van der Waals surface area contributed by atoms with E-state index in [-0.39, 0.29) is 5.66 Å². The number of nitrogens with two attached hydrogens (primary N) is 1. The maximum atomic E-state index is 6.17. The number of hydrogen-bond acceptors (Lipinski definition) is 2. The van der Waals surface area contributed by atoms with Crippen LogP contribution in [0.1, 0.15) is 22.6 Å². The van der Waals surface area contributed by atoms with E-state index in [0.29, 0.717) is 0 Å². The van der Waals surface area contributed by atoms with E-state index >= 15 is 0 Å². The summed E-state index contributed by atoms with van der Waals surface area (Å²) in [5.74, 6) is 0. The fourth-order valence-corrected chi connectivity index (χ4v) is 2.30. The van der Waals surface area contributed by atoms with Gasteiger partial charge in [-0.15, -0.1) is 18.5 Å². The molecule has 0 saturated heterocycles. The summed E-state index contributed by atoms with van der Waals surface area (Å²) in [7, 11) is 5.45. The molecule has 19 heavy (non-hydrogen) atoms. The Kier molecular flexibility index (Phi) is 5.07. The van der Waals surface area contributed by atoms with Crippen molar-refractivity contribution in [2.75, 3.05) is 0 Å². The van der Waals surface area contributed by atoms with E-state index in [0.717, 1.165) is 28.8 Å². The van der Waals surface area contributed by atoms with E-state index in [1.807, 2.05) is 54.6 Å². The molecule has 0 radical (unpaired) electrons. The maximum Gasteiger partial charge on any atom is 0.0551 e. The van der Waals surface area contributed by atoms with Crippen molar-refractivity contribution in [1.82, 2.24) is 4.98 Å². The summed E-state index contributed by atoms with van der Waals surface area (Å²) in [5, 5.41) is 0. The Labute approximate surface area is 118 Å². The first-order valence-corrected chi connectivity index (χ1v) is 7.62. The SMILES string of the molecule is N/C(=C\c1ccccc1)C(P)c1cccc(CP)n1. The minimum absolute atomic E-state index is 0.0386. The van der Waals surface area contributed by atoms with Crippen LogP contribution in [-0.2, 0) is 6.16 Å². The molecule has 2 rings (SSSR count). The lowest BCUT2D eigenvalue weighted by atomic mass is 10.1. The van der Waals surface area contributed by atoms with Gasteiger partial charge in [-0.25, -0.2) is 0 Å².